The monoisotopic (exact) mass is 433 g/mol. The van der Waals surface area contributed by atoms with Crippen LogP contribution in [-0.4, -0.2) is 37.6 Å². The van der Waals surface area contributed by atoms with Crippen molar-refractivity contribution in [2.45, 2.75) is 45.7 Å². The minimum atomic E-state index is -0.475. The summed E-state index contributed by atoms with van der Waals surface area (Å²) >= 11 is 1.43. The van der Waals surface area contributed by atoms with Crippen molar-refractivity contribution in [3.63, 3.8) is 0 Å². The maximum absolute atomic E-state index is 14.1. The number of thiophene rings is 1. The summed E-state index contributed by atoms with van der Waals surface area (Å²) in [5.74, 6) is -0.772. The molecule has 3 rings (SSSR count). The number of hydrogen-bond donors (Lipinski definition) is 2. The van der Waals surface area contributed by atoms with Crippen LogP contribution in [0.5, 0.6) is 0 Å². The fourth-order valence-corrected chi connectivity index (χ4v) is 4.90. The number of urea groups is 1. The van der Waals surface area contributed by atoms with Crippen LogP contribution in [0.3, 0.4) is 0 Å². The Morgan fingerprint density at radius 3 is 2.73 bits per heavy atom. The molecule has 0 saturated heterocycles. The van der Waals surface area contributed by atoms with E-state index in [2.05, 4.69) is 10.6 Å². The van der Waals surface area contributed by atoms with E-state index < -0.39 is 12.0 Å². The molecule has 1 heterocycles. The third-order valence-corrected chi connectivity index (χ3v) is 6.13. The summed E-state index contributed by atoms with van der Waals surface area (Å²) in [4.78, 5) is 28.1. The van der Waals surface area contributed by atoms with E-state index in [1.165, 1.54) is 17.4 Å². The lowest BCUT2D eigenvalue weighted by atomic mass is 9.95. The number of halogens is 1. The number of aryl methyl sites for hydroxylation is 1. The number of benzene rings is 1. The van der Waals surface area contributed by atoms with E-state index in [4.69, 9.17) is 4.74 Å². The molecule has 0 unspecified atom stereocenters. The molecule has 1 aromatic carbocycles. The lowest BCUT2D eigenvalue weighted by Crippen LogP contribution is -2.29. The Kier molecular flexibility index (Phi) is 7.44. The number of carbonyl (C=O) groups is 2. The van der Waals surface area contributed by atoms with Crippen LogP contribution in [0.4, 0.5) is 14.2 Å². The molecule has 2 N–H and O–H groups in total. The number of rotatable bonds is 7. The first-order valence-corrected chi connectivity index (χ1v) is 11.0. The molecule has 0 atom stereocenters. The lowest BCUT2D eigenvalue weighted by molar-refractivity contribution is 0.0526. The summed E-state index contributed by atoms with van der Waals surface area (Å²) in [6.45, 7) is 2.77. The van der Waals surface area contributed by atoms with Crippen LogP contribution in [0, 0.1) is 5.82 Å². The van der Waals surface area contributed by atoms with Gasteiger partial charge in [-0.3, -0.25) is 5.32 Å². The smallest absolute Gasteiger partial charge is 0.341 e. The fraction of sp³-hybridized carbons (Fsp3) is 0.455. The average molecular weight is 434 g/mol. The Balaban J connectivity index is 1.71. The molecule has 2 aromatic rings. The highest BCUT2D eigenvalue weighted by atomic mass is 32.1. The Morgan fingerprint density at radius 1 is 1.23 bits per heavy atom. The van der Waals surface area contributed by atoms with Gasteiger partial charge in [0, 0.05) is 23.5 Å². The van der Waals surface area contributed by atoms with Crippen LogP contribution < -0.4 is 10.6 Å². The topological polar surface area (TPSA) is 70.7 Å². The summed E-state index contributed by atoms with van der Waals surface area (Å²) in [5, 5.41) is 5.98. The highest BCUT2D eigenvalue weighted by Gasteiger charge is 2.27. The zero-order chi connectivity index (χ0) is 21.7. The second kappa shape index (κ2) is 10.0. The Labute approximate surface area is 180 Å². The molecule has 0 fully saturated rings. The minimum absolute atomic E-state index is 0.0543. The quantitative estimate of drug-likeness (QED) is 0.638. The highest BCUT2D eigenvalue weighted by molar-refractivity contribution is 7.17. The summed E-state index contributed by atoms with van der Waals surface area (Å²) in [7, 11) is 3.88. The van der Waals surface area contributed by atoms with E-state index in [0.717, 1.165) is 41.7 Å². The van der Waals surface area contributed by atoms with Crippen LogP contribution >= 0.6 is 11.3 Å². The van der Waals surface area contributed by atoms with E-state index in [1.807, 2.05) is 19.0 Å². The lowest BCUT2D eigenvalue weighted by Gasteiger charge is -2.13. The number of nitrogens with one attached hydrogen (secondary N) is 2. The molecule has 1 aromatic heterocycles. The van der Waals surface area contributed by atoms with Crippen molar-refractivity contribution in [3.05, 3.63) is 51.1 Å². The van der Waals surface area contributed by atoms with Gasteiger partial charge in [0.05, 0.1) is 12.2 Å². The number of amides is 2. The van der Waals surface area contributed by atoms with Gasteiger partial charge in [0.2, 0.25) is 0 Å². The first kappa shape index (κ1) is 22.2. The molecule has 0 radical (unpaired) electrons. The van der Waals surface area contributed by atoms with Gasteiger partial charge >= 0.3 is 12.0 Å². The third-order valence-electron chi connectivity index (χ3n) is 4.93. The summed E-state index contributed by atoms with van der Waals surface area (Å²) in [5.41, 5.74) is 2.84. The van der Waals surface area contributed by atoms with Crippen LogP contribution in [0.2, 0.25) is 0 Å². The average Bonchev–Trinajstić information content (AvgIpc) is 3.06. The molecule has 1 aliphatic rings. The van der Waals surface area contributed by atoms with E-state index >= 15 is 0 Å². The number of carbonyl (C=O) groups excluding carboxylic acids is 2. The van der Waals surface area contributed by atoms with Gasteiger partial charge in [-0.05, 0) is 70.0 Å². The zero-order valence-electron chi connectivity index (χ0n) is 17.6. The molecule has 30 heavy (non-hydrogen) atoms. The van der Waals surface area contributed by atoms with Crippen LogP contribution in [0.15, 0.2) is 18.2 Å². The number of fused-ring (bicyclic) bond motifs is 1. The second-order valence-corrected chi connectivity index (χ2v) is 8.71. The Hall–Kier alpha value is -2.45. The van der Waals surface area contributed by atoms with Gasteiger partial charge in [-0.2, -0.15) is 0 Å². The van der Waals surface area contributed by atoms with E-state index in [1.54, 1.807) is 19.1 Å². The summed E-state index contributed by atoms with van der Waals surface area (Å²) in [6.07, 6.45) is 3.81. The number of ether oxygens (including phenoxy) is 1. The molecule has 6 nitrogen and oxygen atoms in total. The van der Waals surface area contributed by atoms with Crippen molar-refractivity contribution >= 4 is 28.3 Å². The summed E-state index contributed by atoms with van der Waals surface area (Å²) < 4.78 is 19.4. The van der Waals surface area contributed by atoms with E-state index in [-0.39, 0.29) is 19.0 Å². The molecule has 162 valence electrons. The second-order valence-electron chi connectivity index (χ2n) is 7.61. The minimum Gasteiger partial charge on any atom is -0.462 e. The molecule has 0 saturated carbocycles. The number of anilines is 1. The molecule has 0 bridgehead atoms. The standard InChI is InChI=1S/C22H28FN3O3S/c1-4-29-21(27)19-16-7-5-6-8-18(16)30-20(19)25-22(28)24-12-15-11-14(13-26(2)3)9-10-17(15)23/h9-11H,4-8,12-13H2,1-3H3,(H2,24,25,28). The van der Waals surface area contributed by atoms with Gasteiger partial charge in [-0.1, -0.05) is 6.07 Å². The van der Waals surface area contributed by atoms with Crippen molar-refractivity contribution in [1.82, 2.24) is 10.2 Å². The Morgan fingerprint density at radius 2 is 2.00 bits per heavy atom. The Bertz CT molecular complexity index is 927. The van der Waals surface area contributed by atoms with Crippen molar-refractivity contribution in [1.29, 1.82) is 0 Å². The molecular weight excluding hydrogens is 405 g/mol. The SMILES string of the molecule is CCOC(=O)c1c(NC(=O)NCc2cc(CN(C)C)ccc2F)sc2c1CCCC2. The predicted molar refractivity (Wildman–Crippen MR) is 117 cm³/mol. The molecule has 1 aliphatic carbocycles. The van der Waals surface area contributed by atoms with Gasteiger partial charge in [-0.25, -0.2) is 14.0 Å². The summed E-state index contributed by atoms with van der Waals surface area (Å²) in [6, 6.07) is 4.43. The highest BCUT2D eigenvalue weighted by Crippen LogP contribution is 2.38. The molecule has 0 aliphatic heterocycles. The predicted octanol–water partition coefficient (Wildman–Crippen LogP) is 4.33. The fourth-order valence-electron chi connectivity index (χ4n) is 3.62. The molecule has 0 spiro atoms. The maximum Gasteiger partial charge on any atom is 0.341 e. The van der Waals surface area contributed by atoms with Gasteiger partial charge in [0.25, 0.3) is 0 Å². The van der Waals surface area contributed by atoms with E-state index in [9.17, 15) is 14.0 Å². The van der Waals surface area contributed by atoms with Crippen molar-refractivity contribution in [3.8, 4) is 0 Å². The first-order chi connectivity index (χ1) is 14.4. The maximum atomic E-state index is 14.1. The third kappa shape index (κ3) is 5.37. The van der Waals surface area contributed by atoms with Crippen LogP contribution in [0.25, 0.3) is 0 Å². The van der Waals surface area contributed by atoms with Gasteiger partial charge < -0.3 is 15.0 Å². The largest absolute Gasteiger partial charge is 0.462 e. The van der Waals surface area contributed by atoms with Gasteiger partial charge in [0.15, 0.2) is 0 Å². The van der Waals surface area contributed by atoms with Crippen LogP contribution in [0.1, 0.15) is 51.7 Å². The van der Waals surface area contributed by atoms with E-state index in [0.29, 0.717) is 22.7 Å². The van der Waals surface area contributed by atoms with Crippen molar-refractivity contribution in [2.75, 3.05) is 26.0 Å². The molecule has 2 amide bonds. The van der Waals surface area contributed by atoms with Gasteiger partial charge in [0.1, 0.15) is 10.8 Å². The van der Waals surface area contributed by atoms with Crippen molar-refractivity contribution in [2.24, 2.45) is 0 Å². The number of hydrogen-bond acceptors (Lipinski definition) is 5. The van der Waals surface area contributed by atoms with Gasteiger partial charge in [-0.15, -0.1) is 11.3 Å². The number of nitrogens with zero attached hydrogens (tertiary/aromatic N) is 1. The van der Waals surface area contributed by atoms with Crippen molar-refractivity contribution < 1.29 is 18.7 Å². The molecule has 8 heteroatoms. The van der Waals surface area contributed by atoms with Crippen LogP contribution in [-0.2, 0) is 30.7 Å². The first-order valence-electron chi connectivity index (χ1n) is 10.2. The molecular formula is C22H28FN3O3S. The zero-order valence-corrected chi connectivity index (χ0v) is 18.5. The number of esters is 1. The normalized spacial score (nSPS) is 13.1.